The summed E-state index contributed by atoms with van der Waals surface area (Å²) < 4.78 is 22.7. The summed E-state index contributed by atoms with van der Waals surface area (Å²) in [5.41, 5.74) is 1.45. The lowest BCUT2D eigenvalue weighted by Crippen LogP contribution is -2.34. The average Bonchev–Trinajstić information content (AvgIpc) is 3.55. The minimum Gasteiger partial charge on any atom is -0.365 e. The summed E-state index contributed by atoms with van der Waals surface area (Å²) in [5, 5.41) is 4.38. The van der Waals surface area contributed by atoms with E-state index in [1.807, 2.05) is 30.3 Å². The van der Waals surface area contributed by atoms with E-state index in [2.05, 4.69) is 15.3 Å². The Kier molecular flexibility index (Phi) is 6.32. The van der Waals surface area contributed by atoms with Crippen molar-refractivity contribution in [3.63, 3.8) is 0 Å². The Morgan fingerprint density at radius 2 is 2.00 bits per heavy atom. The number of hydrogen-bond acceptors (Lipinski definition) is 6. The molecule has 8 heteroatoms. The first-order chi connectivity index (χ1) is 13.7. The third-order valence-electron chi connectivity index (χ3n) is 4.82. The molecule has 1 atom stereocenters. The van der Waals surface area contributed by atoms with Crippen molar-refractivity contribution in [2.75, 3.05) is 18.6 Å². The number of likely N-dealkylation sites (N-methyl/N-ethyl adjacent to an activating group) is 1. The minimum atomic E-state index is -3.25. The number of aromatic nitrogens is 2. The SMILES string of the molecule is C[C@@H](/C=C/S(C)(=O)=O)N(C)C(=O)c1cnc(C2CC2)nc1NCc1ccccc1. The van der Waals surface area contributed by atoms with E-state index in [0.717, 1.165) is 35.9 Å². The molecule has 0 saturated heterocycles. The highest BCUT2D eigenvalue weighted by molar-refractivity contribution is 7.93. The van der Waals surface area contributed by atoms with Crippen LogP contribution in [0.25, 0.3) is 0 Å². The van der Waals surface area contributed by atoms with Crippen molar-refractivity contribution in [2.45, 2.75) is 38.3 Å². The van der Waals surface area contributed by atoms with Crippen LogP contribution >= 0.6 is 0 Å². The summed E-state index contributed by atoms with van der Waals surface area (Å²) >= 11 is 0. The Morgan fingerprint density at radius 3 is 2.62 bits per heavy atom. The van der Waals surface area contributed by atoms with Gasteiger partial charge in [0.25, 0.3) is 5.91 Å². The van der Waals surface area contributed by atoms with Crippen molar-refractivity contribution in [2.24, 2.45) is 0 Å². The summed E-state index contributed by atoms with van der Waals surface area (Å²) in [5.74, 6) is 1.35. The molecule has 2 aromatic rings. The third kappa shape index (κ3) is 5.87. The Hall–Kier alpha value is -2.74. The molecule has 1 aliphatic carbocycles. The molecule has 7 nitrogen and oxygen atoms in total. The van der Waals surface area contributed by atoms with Gasteiger partial charge in [-0.2, -0.15) is 0 Å². The maximum atomic E-state index is 13.1. The van der Waals surface area contributed by atoms with E-state index in [4.69, 9.17) is 0 Å². The number of hydrogen-bond donors (Lipinski definition) is 1. The number of amides is 1. The predicted octanol–water partition coefficient (Wildman–Crippen LogP) is 2.98. The van der Waals surface area contributed by atoms with E-state index in [1.165, 1.54) is 11.0 Å². The lowest BCUT2D eigenvalue weighted by Gasteiger charge is -2.23. The number of nitrogens with one attached hydrogen (secondary N) is 1. The van der Waals surface area contributed by atoms with Crippen LogP contribution in [0.5, 0.6) is 0 Å². The average molecular weight is 415 g/mol. The molecular formula is C21H26N4O3S. The lowest BCUT2D eigenvalue weighted by atomic mass is 10.2. The topological polar surface area (TPSA) is 92.3 Å². The highest BCUT2D eigenvalue weighted by Crippen LogP contribution is 2.38. The highest BCUT2D eigenvalue weighted by Gasteiger charge is 2.29. The minimum absolute atomic E-state index is 0.270. The summed E-state index contributed by atoms with van der Waals surface area (Å²) in [7, 11) is -1.62. The molecule has 1 aromatic carbocycles. The van der Waals surface area contributed by atoms with Gasteiger partial charge in [0.15, 0.2) is 9.84 Å². The fraction of sp³-hybridized carbons (Fsp3) is 0.381. The van der Waals surface area contributed by atoms with Crippen molar-refractivity contribution < 1.29 is 13.2 Å². The van der Waals surface area contributed by atoms with Crippen LogP contribution in [0.3, 0.4) is 0 Å². The number of anilines is 1. The van der Waals surface area contributed by atoms with Gasteiger partial charge in [0.1, 0.15) is 17.2 Å². The van der Waals surface area contributed by atoms with Gasteiger partial charge in [-0.25, -0.2) is 18.4 Å². The van der Waals surface area contributed by atoms with Crippen molar-refractivity contribution >= 4 is 21.6 Å². The van der Waals surface area contributed by atoms with E-state index in [1.54, 1.807) is 20.2 Å². The second kappa shape index (κ2) is 8.73. The molecule has 3 rings (SSSR count). The number of nitrogens with zero attached hydrogens (tertiary/aromatic N) is 3. The number of carbonyl (C=O) groups excluding carboxylic acids is 1. The fourth-order valence-electron chi connectivity index (χ4n) is 2.77. The molecule has 1 saturated carbocycles. The van der Waals surface area contributed by atoms with Gasteiger partial charge < -0.3 is 10.2 Å². The van der Waals surface area contributed by atoms with E-state index in [-0.39, 0.29) is 5.91 Å². The quantitative estimate of drug-likeness (QED) is 0.714. The fourth-order valence-corrected chi connectivity index (χ4v) is 3.28. The van der Waals surface area contributed by atoms with E-state index in [0.29, 0.717) is 23.8 Å². The van der Waals surface area contributed by atoms with Gasteiger partial charge in [-0.15, -0.1) is 0 Å². The van der Waals surface area contributed by atoms with Gasteiger partial charge in [0.05, 0.1) is 0 Å². The molecule has 1 N–H and O–H groups in total. The van der Waals surface area contributed by atoms with Crippen molar-refractivity contribution in [1.29, 1.82) is 0 Å². The molecule has 1 amide bonds. The molecule has 1 fully saturated rings. The van der Waals surface area contributed by atoms with Crippen LogP contribution in [-0.4, -0.2) is 48.5 Å². The van der Waals surface area contributed by atoms with Crippen LogP contribution in [-0.2, 0) is 16.4 Å². The van der Waals surface area contributed by atoms with Gasteiger partial charge >= 0.3 is 0 Å². The second-order valence-corrected chi connectivity index (χ2v) is 9.35. The van der Waals surface area contributed by atoms with Crippen LogP contribution in [0.2, 0.25) is 0 Å². The number of benzene rings is 1. The first-order valence-electron chi connectivity index (χ1n) is 9.55. The third-order valence-corrected chi connectivity index (χ3v) is 5.47. The Morgan fingerprint density at radius 1 is 1.31 bits per heavy atom. The molecule has 0 radical (unpaired) electrons. The standard InChI is InChI=1S/C21H26N4O3S/c1-15(11-12-29(3,27)28)25(2)21(26)18-14-23-19(17-9-10-17)24-20(18)22-13-16-7-5-4-6-8-16/h4-8,11-12,14-15,17H,9-10,13H2,1-3H3,(H,22,23,24)/b12-11+/t15-/m0/s1. The van der Waals surface area contributed by atoms with Crippen LogP contribution in [0.15, 0.2) is 48.0 Å². The zero-order valence-electron chi connectivity index (χ0n) is 16.9. The summed E-state index contributed by atoms with van der Waals surface area (Å²) in [4.78, 5) is 23.5. The van der Waals surface area contributed by atoms with Crippen LogP contribution in [0.4, 0.5) is 5.82 Å². The molecule has 1 aliphatic rings. The number of rotatable bonds is 8. The molecule has 1 aromatic heterocycles. The second-order valence-electron chi connectivity index (χ2n) is 7.42. The van der Waals surface area contributed by atoms with Gasteiger partial charge in [0, 0.05) is 43.4 Å². The largest absolute Gasteiger partial charge is 0.365 e. The molecule has 154 valence electrons. The Bertz CT molecular complexity index is 1000. The zero-order chi connectivity index (χ0) is 21.0. The summed E-state index contributed by atoms with van der Waals surface area (Å²) in [6, 6.07) is 9.48. The van der Waals surface area contributed by atoms with E-state index >= 15 is 0 Å². The van der Waals surface area contributed by atoms with Crippen molar-refractivity contribution in [3.05, 3.63) is 65.0 Å². The van der Waals surface area contributed by atoms with Crippen molar-refractivity contribution in [3.8, 4) is 0 Å². The van der Waals surface area contributed by atoms with E-state index < -0.39 is 15.9 Å². The van der Waals surface area contributed by atoms with Crippen LogP contribution in [0, 0.1) is 0 Å². The highest BCUT2D eigenvalue weighted by atomic mass is 32.2. The summed E-state index contributed by atoms with van der Waals surface area (Å²) in [6.07, 6.45) is 6.31. The predicted molar refractivity (Wildman–Crippen MR) is 113 cm³/mol. The number of sulfone groups is 1. The zero-order valence-corrected chi connectivity index (χ0v) is 17.7. The van der Waals surface area contributed by atoms with Gasteiger partial charge in [-0.1, -0.05) is 36.4 Å². The molecule has 0 bridgehead atoms. The number of carbonyl (C=O) groups is 1. The molecule has 0 aliphatic heterocycles. The Labute approximate surface area is 171 Å². The van der Waals surface area contributed by atoms with Crippen LogP contribution in [0.1, 0.15) is 47.4 Å². The molecule has 1 heterocycles. The first kappa shape index (κ1) is 21.0. The Balaban J connectivity index is 1.82. The van der Waals surface area contributed by atoms with Crippen molar-refractivity contribution in [1.82, 2.24) is 14.9 Å². The van der Waals surface area contributed by atoms with Gasteiger partial charge in [-0.05, 0) is 25.3 Å². The lowest BCUT2D eigenvalue weighted by molar-refractivity contribution is 0.0770. The maximum Gasteiger partial charge on any atom is 0.259 e. The molecule has 0 spiro atoms. The van der Waals surface area contributed by atoms with Gasteiger partial charge in [0.2, 0.25) is 0 Å². The summed E-state index contributed by atoms with van der Waals surface area (Å²) in [6.45, 7) is 2.30. The molecule has 0 unspecified atom stereocenters. The smallest absolute Gasteiger partial charge is 0.259 e. The van der Waals surface area contributed by atoms with E-state index in [9.17, 15) is 13.2 Å². The molecular weight excluding hydrogens is 388 g/mol. The maximum absolute atomic E-state index is 13.1. The van der Waals surface area contributed by atoms with Crippen LogP contribution < -0.4 is 5.32 Å². The molecule has 29 heavy (non-hydrogen) atoms. The van der Waals surface area contributed by atoms with Gasteiger partial charge in [-0.3, -0.25) is 4.79 Å². The normalized spacial score (nSPS) is 15.3. The monoisotopic (exact) mass is 414 g/mol. The first-order valence-corrected chi connectivity index (χ1v) is 11.5.